The number of fused-ring (bicyclic) bond motifs is 3. The van der Waals surface area contributed by atoms with Crippen molar-refractivity contribution in [3.05, 3.63) is 59.0 Å². The van der Waals surface area contributed by atoms with Crippen LogP contribution in [0.2, 0.25) is 0 Å². The Morgan fingerprint density at radius 1 is 1.19 bits per heavy atom. The smallest absolute Gasteiger partial charge is 0.254 e. The average Bonchev–Trinajstić information content (AvgIpc) is 3.14. The second-order valence-corrected chi connectivity index (χ2v) is 9.03. The maximum atomic E-state index is 12.9. The number of aromatic nitrogens is 4. The largest absolute Gasteiger partial charge is 0.375 e. The normalized spacial score (nSPS) is 19.4. The summed E-state index contributed by atoms with van der Waals surface area (Å²) in [6, 6.07) is 8.45. The van der Waals surface area contributed by atoms with Crippen molar-refractivity contribution in [3.8, 4) is 17.2 Å². The molecule has 1 saturated heterocycles. The second kappa shape index (κ2) is 7.57. The number of carbonyl (C=O) groups excluding carboxylic acids is 1. The van der Waals surface area contributed by atoms with Gasteiger partial charge in [0.25, 0.3) is 11.9 Å². The fourth-order valence-electron chi connectivity index (χ4n) is 4.61. The van der Waals surface area contributed by atoms with Gasteiger partial charge in [0.15, 0.2) is 0 Å². The topological polar surface area (TPSA) is 81.9 Å². The molecule has 3 aromatic rings. The molecule has 1 aromatic carbocycles. The third-order valence-corrected chi connectivity index (χ3v) is 6.26. The van der Waals surface area contributed by atoms with Crippen molar-refractivity contribution in [2.24, 2.45) is 0 Å². The maximum Gasteiger partial charge on any atom is 0.254 e. The number of aryl methyl sites for hydroxylation is 2. The van der Waals surface area contributed by atoms with Crippen LogP contribution < -0.4 is 5.32 Å². The number of nitrogens with zero attached hydrogens (tertiary/aromatic N) is 4. The molecule has 0 saturated carbocycles. The minimum Gasteiger partial charge on any atom is -0.375 e. The number of amides is 1. The molecule has 1 aliphatic carbocycles. The first-order valence-electron chi connectivity index (χ1n) is 10.9. The summed E-state index contributed by atoms with van der Waals surface area (Å²) in [6.07, 6.45) is 7.03. The number of hydrogen-bond acceptors (Lipinski definition) is 5. The lowest BCUT2D eigenvalue weighted by molar-refractivity contribution is -0.0615. The zero-order valence-corrected chi connectivity index (χ0v) is 18.2. The summed E-state index contributed by atoms with van der Waals surface area (Å²) in [4.78, 5) is 22.3. The molecule has 2 aromatic heterocycles. The first-order chi connectivity index (χ1) is 14.9. The van der Waals surface area contributed by atoms with E-state index < -0.39 is 0 Å². The third-order valence-electron chi connectivity index (χ3n) is 6.26. The third kappa shape index (κ3) is 3.74. The number of carbonyl (C=O) groups is 1. The van der Waals surface area contributed by atoms with Gasteiger partial charge in [-0.25, -0.2) is 14.6 Å². The van der Waals surface area contributed by atoms with E-state index in [0.29, 0.717) is 18.1 Å². The Bertz CT molecular complexity index is 1150. The van der Waals surface area contributed by atoms with Gasteiger partial charge in [0, 0.05) is 24.4 Å². The number of benzene rings is 1. The fourth-order valence-corrected chi connectivity index (χ4v) is 4.61. The van der Waals surface area contributed by atoms with E-state index in [9.17, 15) is 4.79 Å². The maximum absolute atomic E-state index is 12.9. The highest BCUT2D eigenvalue weighted by atomic mass is 16.5. The summed E-state index contributed by atoms with van der Waals surface area (Å²) >= 11 is 0. The molecule has 0 spiro atoms. The van der Waals surface area contributed by atoms with Gasteiger partial charge in [0.1, 0.15) is 0 Å². The minimum absolute atomic E-state index is 0.0931. The molecular weight excluding hydrogens is 390 g/mol. The first kappa shape index (κ1) is 19.9. The highest BCUT2D eigenvalue weighted by Crippen LogP contribution is 2.32. The van der Waals surface area contributed by atoms with Crippen molar-refractivity contribution in [2.45, 2.75) is 58.1 Å². The van der Waals surface area contributed by atoms with Crippen LogP contribution in [-0.2, 0) is 17.6 Å². The molecular formula is C24H27N5O2. The van der Waals surface area contributed by atoms with Crippen LogP contribution in [0.15, 0.2) is 36.7 Å². The highest BCUT2D eigenvalue weighted by Gasteiger charge is 2.30. The molecule has 0 bridgehead atoms. The van der Waals surface area contributed by atoms with Crippen LogP contribution in [-0.4, -0.2) is 43.9 Å². The summed E-state index contributed by atoms with van der Waals surface area (Å²) < 4.78 is 7.41. The van der Waals surface area contributed by atoms with Gasteiger partial charge in [0.05, 0.1) is 28.7 Å². The lowest BCUT2D eigenvalue weighted by atomic mass is 9.90. The van der Waals surface area contributed by atoms with Crippen molar-refractivity contribution in [1.82, 2.24) is 25.1 Å². The van der Waals surface area contributed by atoms with E-state index in [1.165, 1.54) is 5.56 Å². The number of ether oxygens (including phenoxy) is 1. The molecule has 1 aliphatic heterocycles. The molecule has 160 valence electrons. The molecule has 5 rings (SSSR count). The van der Waals surface area contributed by atoms with Crippen molar-refractivity contribution >= 4 is 5.91 Å². The molecule has 31 heavy (non-hydrogen) atoms. The van der Waals surface area contributed by atoms with Gasteiger partial charge < -0.3 is 10.1 Å². The molecule has 1 unspecified atom stereocenters. The van der Waals surface area contributed by atoms with E-state index in [4.69, 9.17) is 9.72 Å². The molecule has 1 fully saturated rings. The average molecular weight is 418 g/mol. The predicted molar refractivity (Wildman–Crippen MR) is 117 cm³/mol. The summed E-state index contributed by atoms with van der Waals surface area (Å²) in [5.74, 6) is 0.369. The lowest BCUT2D eigenvalue weighted by Crippen LogP contribution is -2.45. The summed E-state index contributed by atoms with van der Waals surface area (Å²) in [5, 5.41) is 7.59. The van der Waals surface area contributed by atoms with E-state index in [-0.39, 0.29) is 17.6 Å². The fraction of sp³-hybridized carbons (Fsp3) is 0.417. The Balaban J connectivity index is 1.42. The van der Waals surface area contributed by atoms with Crippen LogP contribution in [0.5, 0.6) is 0 Å². The molecule has 0 radical (unpaired) electrons. The van der Waals surface area contributed by atoms with E-state index in [0.717, 1.165) is 48.2 Å². The van der Waals surface area contributed by atoms with Gasteiger partial charge in [-0.15, -0.1) is 0 Å². The van der Waals surface area contributed by atoms with Gasteiger partial charge in [0.2, 0.25) is 0 Å². The van der Waals surface area contributed by atoms with Gasteiger partial charge in [-0.1, -0.05) is 24.3 Å². The quantitative estimate of drug-likeness (QED) is 0.706. The number of hydrogen-bond donors (Lipinski definition) is 1. The Morgan fingerprint density at radius 3 is 2.84 bits per heavy atom. The zero-order chi connectivity index (χ0) is 21.6. The van der Waals surface area contributed by atoms with Crippen molar-refractivity contribution in [3.63, 3.8) is 0 Å². The first-order valence-corrected chi connectivity index (χ1v) is 10.9. The van der Waals surface area contributed by atoms with Crippen LogP contribution in [0.1, 0.15) is 53.9 Å². The monoisotopic (exact) mass is 417 g/mol. The van der Waals surface area contributed by atoms with Crippen molar-refractivity contribution < 1.29 is 9.53 Å². The van der Waals surface area contributed by atoms with E-state index >= 15 is 0 Å². The summed E-state index contributed by atoms with van der Waals surface area (Å²) in [5.41, 5.74) is 5.61. The Labute approximate surface area is 181 Å². The summed E-state index contributed by atoms with van der Waals surface area (Å²) in [7, 11) is 0. The number of nitrogens with one attached hydrogen (secondary N) is 1. The van der Waals surface area contributed by atoms with Crippen molar-refractivity contribution in [2.75, 3.05) is 6.61 Å². The molecule has 7 heteroatoms. The van der Waals surface area contributed by atoms with Crippen LogP contribution in [0.25, 0.3) is 17.2 Å². The van der Waals surface area contributed by atoms with E-state index in [2.05, 4.69) is 47.4 Å². The highest BCUT2D eigenvalue weighted by molar-refractivity contribution is 5.95. The van der Waals surface area contributed by atoms with E-state index in [1.54, 1.807) is 10.9 Å². The molecule has 1 amide bonds. The Kier molecular flexibility index (Phi) is 4.85. The predicted octanol–water partition coefficient (Wildman–Crippen LogP) is 3.42. The van der Waals surface area contributed by atoms with Gasteiger partial charge in [-0.05, 0) is 57.6 Å². The van der Waals surface area contributed by atoms with Gasteiger partial charge in [-0.2, -0.15) is 5.10 Å². The van der Waals surface area contributed by atoms with Crippen LogP contribution in [0.4, 0.5) is 0 Å². The van der Waals surface area contributed by atoms with Gasteiger partial charge >= 0.3 is 0 Å². The molecule has 7 nitrogen and oxygen atoms in total. The molecule has 3 heterocycles. The molecule has 1 atom stereocenters. The molecule has 2 aliphatic rings. The van der Waals surface area contributed by atoms with Crippen LogP contribution in [0.3, 0.4) is 0 Å². The van der Waals surface area contributed by atoms with Crippen LogP contribution >= 0.6 is 0 Å². The SMILES string of the molecule is Cc1c(C(=O)NC2CCOC(C)(C)C2)cnn1-c1ncc2c(n1)-c1ccccc1CC2. The Hall–Kier alpha value is -3.06. The van der Waals surface area contributed by atoms with Crippen molar-refractivity contribution in [1.29, 1.82) is 0 Å². The molecule has 1 N–H and O–H groups in total. The van der Waals surface area contributed by atoms with Crippen LogP contribution in [0, 0.1) is 6.92 Å². The lowest BCUT2D eigenvalue weighted by Gasteiger charge is -2.35. The van der Waals surface area contributed by atoms with Gasteiger partial charge in [-0.3, -0.25) is 4.79 Å². The van der Waals surface area contributed by atoms with E-state index in [1.807, 2.05) is 19.2 Å². The minimum atomic E-state index is -0.220. The standard InChI is InChI=1S/C24H27N5O2/c1-15-20(22(30)27-18-10-11-31-24(2,3)12-18)14-26-29(15)23-25-13-17-9-8-16-6-4-5-7-19(16)21(17)28-23/h4-7,13-14,18H,8-12H2,1-3H3,(H,27,30). The zero-order valence-electron chi connectivity index (χ0n) is 18.2. The summed E-state index contributed by atoms with van der Waals surface area (Å²) in [6.45, 7) is 6.65. The number of rotatable bonds is 3. The second-order valence-electron chi connectivity index (χ2n) is 9.03. The Morgan fingerprint density at radius 2 is 2.00 bits per heavy atom.